The molecule has 1 saturated heterocycles. The van der Waals surface area contributed by atoms with Gasteiger partial charge in [0, 0.05) is 37.5 Å². The van der Waals surface area contributed by atoms with Crippen molar-refractivity contribution in [2.24, 2.45) is 0 Å². The summed E-state index contributed by atoms with van der Waals surface area (Å²) in [5, 5.41) is 2.89. The molecule has 0 aliphatic carbocycles. The minimum atomic E-state index is -0.664. The average molecular weight is 343 g/mol. The smallest absolute Gasteiger partial charge is 0.251 e. The highest BCUT2D eigenvalue weighted by atomic mass is 19.1. The molecule has 1 N–H and O–H groups in total. The maximum atomic E-state index is 13.2. The topological polar surface area (TPSA) is 54.5 Å². The lowest BCUT2D eigenvalue weighted by molar-refractivity contribution is -0.0449. The van der Waals surface area contributed by atoms with Crippen LogP contribution in [-0.4, -0.2) is 47.6 Å². The third kappa shape index (κ3) is 4.84. The van der Waals surface area contributed by atoms with Gasteiger partial charge in [0.2, 0.25) is 5.95 Å². The average Bonchev–Trinajstić information content (AvgIpc) is 2.63. The second-order valence-electron chi connectivity index (χ2n) is 6.26. The van der Waals surface area contributed by atoms with Crippen molar-refractivity contribution < 1.29 is 13.9 Å². The van der Waals surface area contributed by atoms with E-state index < -0.39 is 5.95 Å². The van der Waals surface area contributed by atoms with Gasteiger partial charge in [-0.3, -0.25) is 9.69 Å². The Labute approximate surface area is 146 Å². The lowest BCUT2D eigenvalue weighted by Gasteiger charge is -2.36. The Balaban J connectivity index is 1.56. The van der Waals surface area contributed by atoms with Gasteiger partial charge < -0.3 is 10.1 Å². The zero-order chi connectivity index (χ0) is 17.6. The van der Waals surface area contributed by atoms with Crippen molar-refractivity contribution in [2.75, 3.05) is 19.7 Å². The fourth-order valence-electron chi connectivity index (χ4n) is 2.95. The van der Waals surface area contributed by atoms with Gasteiger partial charge in [-0.1, -0.05) is 30.3 Å². The fraction of sp³-hybridized carbons (Fsp3) is 0.368. The summed E-state index contributed by atoms with van der Waals surface area (Å²) in [5.74, 6) is -0.985. The largest absolute Gasteiger partial charge is 0.373 e. The van der Waals surface area contributed by atoms with Crippen LogP contribution in [0.25, 0.3) is 0 Å². The van der Waals surface area contributed by atoms with E-state index in [4.69, 9.17) is 4.74 Å². The second-order valence-corrected chi connectivity index (χ2v) is 6.26. The molecule has 0 saturated carbocycles. The zero-order valence-electron chi connectivity index (χ0n) is 14.2. The molecule has 25 heavy (non-hydrogen) atoms. The van der Waals surface area contributed by atoms with Crippen molar-refractivity contribution in [1.29, 1.82) is 0 Å². The van der Waals surface area contributed by atoms with Crippen molar-refractivity contribution in [3.63, 3.8) is 0 Å². The monoisotopic (exact) mass is 343 g/mol. The third-order valence-electron chi connectivity index (χ3n) is 4.33. The summed E-state index contributed by atoms with van der Waals surface area (Å²) in [6, 6.07) is 12.7. The Bertz CT molecular complexity index is 711. The predicted octanol–water partition coefficient (Wildman–Crippen LogP) is 2.24. The van der Waals surface area contributed by atoms with Crippen LogP contribution in [0, 0.1) is 5.95 Å². The summed E-state index contributed by atoms with van der Waals surface area (Å²) in [4.78, 5) is 18.0. The second kappa shape index (κ2) is 8.18. The molecule has 132 valence electrons. The van der Waals surface area contributed by atoms with Gasteiger partial charge in [0.15, 0.2) is 0 Å². The number of halogens is 1. The van der Waals surface area contributed by atoms with Gasteiger partial charge in [-0.05, 0) is 18.6 Å². The van der Waals surface area contributed by atoms with E-state index >= 15 is 0 Å². The number of ether oxygens (including phenoxy) is 1. The summed E-state index contributed by atoms with van der Waals surface area (Å²) < 4.78 is 19.0. The van der Waals surface area contributed by atoms with Crippen LogP contribution in [0.15, 0.2) is 48.7 Å². The SMILES string of the molecule is C[C@H](NC(=O)c1ccnc(F)c1)[C@@H]1CN(Cc2ccccc2)CCO1. The molecule has 2 heterocycles. The van der Waals surface area contributed by atoms with Gasteiger partial charge in [0.1, 0.15) is 0 Å². The summed E-state index contributed by atoms with van der Waals surface area (Å²) in [6.45, 7) is 4.99. The Kier molecular flexibility index (Phi) is 5.73. The highest BCUT2D eigenvalue weighted by Gasteiger charge is 2.26. The molecule has 2 atom stereocenters. The molecule has 5 nitrogen and oxygen atoms in total. The van der Waals surface area contributed by atoms with Crippen molar-refractivity contribution in [2.45, 2.75) is 25.6 Å². The van der Waals surface area contributed by atoms with E-state index in [9.17, 15) is 9.18 Å². The van der Waals surface area contributed by atoms with Crippen LogP contribution in [-0.2, 0) is 11.3 Å². The van der Waals surface area contributed by atoms with Crippen LogP contribution < -0.4 is 5.32 Å². The Morgan fingerprint density at radius 3 is 2.96 bits per heavy atom. The lowest BCUT2D eigenvalue weighted by atomic mass is 10.1. The first-order valence-corrected chi connectivity index (χ1v) is 8.42. The molecule has 1 fully saturated rings. The molecule has 0 unspecified atom stereocenters. The van der Waals surface area contributed by atoms with Crippen LogP contribution in [0.2, 0.25) is 0 Å². The first-order chi connectivity index (χ1) is 12.1. The molecule has 0 radical (unpaired) electrons. The molecule has 0 spiro atoms. The maximum Gasteiger partial charge on any atom is 0.251 e. The Hall–Kier alpha value is -2.31. The number of nitrogens with one attached hydrogen (secondary N) is 1. The molecule has 1 aliphatic heterocycles. The third-order valence-corrected chi connectivity index (χ3v) is 4.33. The molecular formula is C19H22FN3O2. The Morgan fingerprint density at radius 2 is 2.20 bits per heavy atom. The van der Waals surface area contributed by atoms with E-state index in [0.29, 0.717) is 6.61 Å². The van der Waals surface area contributed by atoms with Crippen LogP contribution in [0.5, 0.6) is 0 Å². The van der Waals surface area contributed by atoms with Gasteiger partial charge in [-0.15, -0.1) is 0 Å². The van der Waals surface area contributed by atoms with Gasteiger partial charge in [-0.2, -0.15) is 4.39 Å². The van der Waals surface area contributed by atoms with E-state index in [1.807, 2.05) is 25.1 Å². The number of hydrogen-bond donors (Lipinski definition) is 1. The molecule has 1 amide bonds. The minimum absolute atomic E-state index is 0.104. The first-order valence-electron chi connectivity index (χ1n) is 8.42. The highest BCUT2D eigenvalue weighted by Crippen LogP contribution is 2.13. The van der Waals surface area contributed by atoms with E-state index in [1.165, 1.54) is 17.8 Å². The number of benzene rings is 1. The quantitative estimate of drug-likeness (QED) is 0.846. The van der Waals surface area contributed by atoms with Gasteiger partial charge in [0.25, 0.3) is 5.91 Å². The minimum Gasteiger partial charge on any atom is -0.373 e. The van der Waals surface area contributed by atoms with Crippen molar-refractivity contribution >= 4 is 5.91 Å². The summed E-state index contributed by atoms with van der Waals surface area (Å²) >= 11 is 0. The van der Waals surface area contributed by atoms with E-state index in [2.05, 4.69) is 27.3 Å². The molecule has 1 aromatic carbocycles. The van der Waals surface area contributed by atoms with Crippen LogP contribution >= 0.6 is 0 Å². The van der Waals surface area contributed by atoms with Crippen LogP contribution in [0.3, 0.4) is 0 Å². The van der Waals surface area contributed by atoms with Crippen molar-refractivity contribution in [3.8, 4) is 0 Å². The van der Waals surface area contributed by atoms with E-state index in [1.54, 1.807) is 0 Å². The van der Waals surface area contributed by atoms with Crippen LogP contribution in [0.4, 0.5) is 4.39 Å². The first kappa shape index (κ1) is 17.5. The van der Waals surface area contributed by atoms with E-state index in [0.717, 1.165) is 25.7 Å². The zero-order valence-corrected chi connectivity index (χ0v) is 14.2. The molecule has 2 aromatic rings. The number of carbonyl (C=O) groups is 1. The van der Waals surface area contributed by atoms with Crippen molar-refractivity contribution in [3.05, 3.63) is 65.7 Å². The summed E-state index contributed by atoms with van der Waals surface area (Å²) in [6.07, 6.45) is 1.18. The number of amides is 1. The fourth-order valence-corrected chi connectivity index (χ4v) is 2.95. The molecule has 3 rings (SSSR count). The molecule has 6 heteroatoms. The lowest BCUT2D eigenvalue weighted by Crippen LogP contribution is -2.52. The van der Waals surface area contributed by atoms with Crippen LogP contribution in [0.1, 0.15) is 22.8 Å². The number of aromatic nitrogens is 1. The number of rotatable bonds is 5. The summed E-state index contributed by atoms with van der Waals surface area (Å²) in [5.41, 5.74) is 1.52. The molecule has 1 aliphatic rings. The Morgan fingerprint density at radius 1 is 1.40 bits per heavy atom. The van der Waals surface area contributed by atoms with E-state index in [-0.39, 0.29) is 23.6 Å². The maximum absolute atomic E-state index is 13.2. The standard InChI is InChI=1S/C19H22FN3O2/c1-14(22-19(24)16-7-8-21-18(20)11-16)17-13-23(9-10-25-17)12-15-5-3-2-4-6-15/h2-8,11,14,17H,9-10,12-13H2,1H3,(H,22,24)/t14-,17-/m0/s1. The number of morpholine rings is 1. The van der Waals surface area contributed by atoms with Gasteiger partial charge in [0.05, 0.1) is 18.8 Å². The summed E-state index contributed by atoms with van der Waals surface area (Å²) in [7, 11) is 0. The number of pyridine rings is 1. The normalized spacial score (nSPS) is 19.4. The van der Waals surface area contributed by atoms with Crippen molar-refractivity contribution in [1.82, 2.24) is 15.2 Å². The predicted molar refractivity (Wildman–Crippen MR) is 92.6 cm³/mol. The highest BCUT2D eigenvalue weighted by molar-refractivity contribution is 5.94. The van der Waals surface area contributed by atoms with Gasteiger partial charge >= 0.3 is 0 Å². The van der Waals surface area contributed by atoms with Gasteiger partial charge in [-0.25, -0.2) is 4.98 Å². The molecular weight excluding hydrogens is 321 g/mol. The number of hydrogen-bond acceptors (Lipinski definition) is 4. The molecule has 0 bridgehead atoms. The molecule has 1 aromatic heterocycles. The number of carbonyl (C=O) groups excluding carboxylic acids is 1. The number of nitrogens with zero attached hydrogens (tertiary/aromatic N) is 2.